The summed E-state index contributed by atoms with van der Waals surface area (Å²) in [7, 11) is 0. The molecule has 1 aromatic heterocycles. The third kappa shape index (κ3) is 3.88. The van der Waals surface area contributed by atoms with E-state index in [9.17, 15) is 5.11 Å². The standard InChI is InChI=1S/C22H17N3OS/c26-19-14-8-7-13-18(19)15-23-25-22-24-20(16-9-3-1-4-10-16)21(27-22)17-11-5-2-6-12-17/h1-15,26H,(H,24,25)/b23-15-. The van der Waals surface area contributed by atoms with E-state index in [0.717, 1.165) is 21.7 Å². The Labute approximate surface area is 161 Å². The van der Waals surface area contributed by atoms with Crippen molar-refractivity contribution in [1.29, 1.82) is 0 Å². The Bertz CT molecular complexity index is 1000. The van der Waals surface area contributed by atoms with E-state index in [1.54, 1.807) is 35.8 Å². The van der Waals surface area contributed by atoms with Crippen molar-refractivity contribution in [2.24, 2.45) is 5.10 Å². The molecule has 0 atom stereocenters. The summed E-state index contributed by atoms with van der Waals surface area (Å²) in [5.41, 5.74) is 6.73. The highest BCUT2D eigenvalue weighted by Gasteiger charge is 2.14. The molecule has 0 aliphatic heterocycles. The van der Waals surface area contributed by atoms with Gasteiger partial charge in [0, 0.05) is 11.1 Å². The van der Waals surface area contributed by atoms with Crippen LogP contribution in [0, 0.1) is 0 Å². The number of aromatic hydroxyl groups is 1. The minimum atomic E-state index is 0.192. The maximum Gasteiger partial charge on any atom is 0.204 e. The number of nitrogens with zero attached hydrogens (tertiary/aromatic N) is 2. The van der Waals surface area contributed by atoms with Crippen LogP contribution in [0.4, 0.5) is 5.13 Å². The van der Waals surface area contributed by atoms with Gasteiger partial charge in [-0.25, -0.2) is 4.98 Å². The molecule has 0 aliphatic rings. The summed E-state index contributed by atoms with van der Waals surface area (Å²) in [5.74, 6) is 0.192. The van der Waals surface area contributed by atoms with Crippen LogP contribution in [0.1, 0.15) is 5.56 Å². The topological polar surface area (TPSA) is 57.5 Å². The largest absolute Gasteiger partial charge is 0.507 e. The fourth-order valence-electron chi connectivity index (χ4n) is 2.70. The van der Waals surface area contributed by atoms with Crippen molar-refractivity contribution in [2.45, 2.75) is 0 Å². The number of para-hydroxylation sites is 1. The molecule has 4 nitrogen and oxygen atoms in total. The molecule has 27 heavy (non-hydrogen) atoms. The SMILES string of the molecule is Oc1ccccc1/C=N\Nc1nc(-c2ccccc2)c(-c2ccccc2)s1. The molecule has 3 aromatic carbocycles. The van der Waals surface area contributed by atoms with Gasteiger partial charge in [0.1, 0.15) is 5.75 Å². The number of hydrazone groups is 1. The summed E-state index contributed by atoms with van der Waals surface area (Å²) >= 11 is 1.55. The van der Waals surface area contributed by atoms with Gasteiger partial charge in [-0.3, -0.25) is 5.43 Å². The predicted octanol–water partition coefficient (Wildman–Crippen LogP) is 5.63. The lowest BCUT2D eigenvalue weighted by atomic mass is 10.1. The van der Waals surface area contributed by atoms with Crippen molar-refractivity contribution in [2.75, 3.05) is 5.43 Å². The van der Waals surface area contributed by atoms with E-state index < -0.39 is 0 Å². The molecule has 1 heterocycles. The highest BCUT2D eigenvalue weighted by molar-refractivity contribution is 7.19. The second kappa shape index (κ2) is 7.85. The van der Waals surface area contributed by atoms with Gasteiger partial charge in [0.2, 0.25) is 5.13 Å². The Morgan fingerprint density at radius 2 is 1.44 bits per heavy atom. The summed E-state index contributed by atoms with van der Waals surface area (Å²) in [6.07, 6.45) is 1.58. The van der Waals surface area contributed by atoms with Crippen LogP contribution in [-0.4, -0.2) is 16.3 Å². The van der Waals surface area contributed by atoms with E-state index in [1.165, 1.54) is 0 Å². The van der Waals surface area contributed by atoms with Crippen LogP contribution >= 0.6 is 11.3 Å². The predicted molar refractivity (Wildman–Crippen MR) is 112 cm³/mol. The number of anilines is 1. The zero-order valence-electron chi connectivity index (χ0n) is 14.4. The molecule has 0 saturated carbocycles. The van der Waals surface area contributed by atoms with Crippen molar-refractivity contribution in [3.8, 4) is 27.4 Å². The van der Waals surface area contributed by atoms with Crippen molar-refractivity contribution < 1.29 is 5.11 Å². The molecular formula is C22H17N3OS. The third-order valence-corrected chi connectivity index (χ3v) is 5.02. The lowest BCUT2D eigenvalue weighted by Gasteiger charge is -2.02. The molecule has 0 saturated heterocycles. The summed E-state index contributed by atoms with van der Waals surface area (Å²) in [5, 5.41) is 14.7. The van der Waals surface area contributed by atoms with Gasteiger partial charge in [0.25, 0.3) is 0 Å². The van der Waals surface area contributed by atoms with Gasteiger partial charge in [0.15, 0.2) is 0 Å². The lowest BCUT2D eigenvalue weighted by molar-refractivity contribution is 0.474. The number of nitrogens with one attached hydrogen (secondary N) is 1. The molecule has 4 aromatic rings. The van der Waals surface area contributed by atoms with E-state index in [0.29, 0.717) is 10.7 Å². The molecule has 0 radical (unpaired) electrons. The quantitative estimate of drug-likeness (QED) is 0.353. The first-order chi connectivity index (χ1) is 13.3. The molecule has 132 valence electrons. The monoisotopic (exact) mass is 371 g/mol. The first-order valence-corrected chi connectivity index (χ1v) is 9.31. The van der Waals surface area contributed by atoms with Crippen molar-refractivity contribution in [1.82, 2.24) is 4.98 Å². The smallest absolute Gasteiger partial charge is 0.204 e. The van der Waals surface area contributed by atoms with E-state index >= 15 is 0 Å². The van der Waals surface area contributed by atoms with Crippen LogP contribution in [0.5, 0.6) is 5.75 Å². The van der Waals surface area contributed by atoms with Gasteiger partial charge in [-0.15, -0.1) is 0 Å². The molecule has 2 N–H and O–H groups in total. The fourth-order valence-corrected chi connectivity index (χ4v) is 3.64. The second-order valence-corrected chi connectivity index (χ2v) is 6.86. The number of hydrogen-bond acceptors (Lipinski definition) is 5. The van der Waals surface area contributed by atoms with Gasteiger partial charge in [0.05, 0.1) is 16.8 Å². The number of benzene rings is 3. The molecule has 0 spiro atoms. The number of aromatic nitrogens is 1. The summed E-state index contributed by atoms with van der Waals surface area (Å²) < 4.78 is 0. The van der Waals surface area contributed by atoms with Gasteiger partial charge in [-0.05, 0) is 17.7 Å². The Hall–Kier alpha value is -3.44. The van der Waals surface area contributed by atoms with Crippen LogP contribution in [-0.2, 0) is 0 Å². The highest BCUT2D eigenvalue weighted by Crippen LogP contribution is 2.38. The molecule has 4 rings (SSSR count). The molecule has 0 aliphatic carbocycles. The summed E-state index contributed by atoms with van der Waals surface area (Å²) in [4.78, 5) is 5.83. The first-order valence-electron chi connectivity index (χ1n) is 8.50. The van der Waals surface area contributed by atoms with Crippen LogP contribution in [0.3, 0.4) is 0 Å². The van der Waals surface area contributed by atoms with Crippen molar-refractivity contribution >= 4 is 22.7 Å². The minimum absolute atomic E-state index is 0.192. The second-order valence-electron chi connectivity index (χ2n) is 5.86. The lowest BCUT2D eigenvalue weighted by Crippen LogP contribution is -1.90. The zero-order chi connectivity index (χ0) is 18.5. The van der Waals surface area contributed by atoms with Gasteiger partial charge >= 0.3 is 0 Å². The van der Waals surface area contributed by atoms with Gasteiger partial charge in [-0.2, -0.15) is 5.10 Å². The third-order valence-electron chi connectivity index (χ3n) is 4.01. The molecule has 0 bridgehead atoms. The van der Waals surface area contributed by atoms with E-state index in [4.69, 9.17) is 4.98 Å². The molecule has 5 heteroatoms. The average molecular weight is 371 g/mol. The molecule has 0 unspecified atom stereocenters. The van der Waals surface area contributed by atoms with Gasteiger partial charge in [-0.1, -0.05) is 84.1 Å². The minimum Gasteiger partial charge on any atom is -0.507 e. The van der Waals surface area contributed by atoms with E-state index in [1.807, 2.05) is 42.5 Å². The first kappa shape index (κ1) is 17.0. The fraction of sp³-hybridized carbons (Fsp3) is 0. The maximum absolute atomic E-state index is 9.82. The number of phenolic OH excluding ortho intramolecular Hbond substituents is 1. The molecular weight excluding hydrogens is 354 g/mol. The van der Waals surface area contributed by atoms with E-state index in [2.05, 4.69) is 34.8 Å². The normalized spacial score (nSPS) is 11.0. The summed E-state index contributed by atoms with van der Waals surface area (Å²) in [6, 6.07) is 27.4. The Morgan fingerprint density at radius 3 is 2.15 bits per heavy atom. The highest BCUT2D eigenvalue weighted by atomic mass is 32.1. The van der Waals surface area contributed by atoms with Crippen molar-refractivity contribution in [3.63, 3.8) is 0 Å². The zero-order valence-corrected chi connectivity index (χ0v) is 15.2. The van der Waals surface area contributed by atoms with Crippen molar-refractivity contribution in [3.05, 3.63) is 90.5 Å². The molecule has 0 fully saturated rings. The number of hydrogen-bond donors (Lipinski definition) is 2. The Kier molecular flexibility index (Phi) is 4.94. The van der Waals surface area contributed by atoms with Crippen LogP contribution in [0.25, 0.3) is 21.7 Å². The summed E-state index contributed by atoms with van der Waals surface area (Å²) in [6.45, 7) is 0. The maximum atomic E-state index is 9.82. The van der Waals surface area contributed by atoms with Crippen LogP contribution < -0.4 is 5.43 Å². The Balaban J connectivity index is 1.66. The number of phenols is 1. The average Bonchev–Trinajstić information content (AvgIpc) is 3.15. The van der Waals surface area contributed by atoms with Crippen LogP contribution in [0.2, 0.25) is 0 Å². The van der Waals surface area contributed by atoms with E-state index in [-0.39, 0.29) is 5.75 Å². The van der Waals surface area contributed by atoms with Crippen LogP contribution in [0.15, 0.2) is 90.0 Å². The Morgan fingerprint density at radius 1 is 0.815 bits per heavy atom. The molecule has 0 amide bonds. The number of thiazole rings is 1. The van der Waals surface area contributed by atoms with Gasteiger partial charge < -0.3 is 5.11 Å². The number of rotatable bonds is 5.